The number of carbonyl (C=O) groups excluding carboxylic acids is 1. The number of thioether (sulfide) groups is 1. The highest BCUT2D eigenvalue weighted by Gasteiger charge is 2.51. The van der Waals surface area contributed by atoms with Gasteiger partial charge >= 0.3 is 6.09 Å². The second kappa shape index (κ2) is 17.7. The van der Waals surface area contributed by atoms with Gasteiger partial charge in [-0.3, -0.25) is 4.79 Å². The van der Waals surface area contributed by atoms with Crippen molar-refractivity contribution in [2.75, 3.05) is 19.8 Å². The smallest absolute Gasteiger partial charge is 0.410 e. The molecule has 2 heterocycles. The maximum absolute atomic E-state index is 14.1. The standard InChI is InChI=1S/C47H67BrN2O5SSi2/c1-44(2,3)55-43(52)50-27-26-36(29-35(50)31-53-58(46(7,8)9,37-20-16-14-17-21-37)38-22-18-15-19-23-38)56-41-30-49(42(51)39-25-24-34(48)28-40(39)41)32-47(10,11)33-54-57(12,13)45(4,5)6/h14-25,28,30,35-36H,26-27,29,31-33H2,1-13H3/t35-,36-/m0/s1. The van der Waals surface area contributed by atoms with Gasteiger partial charge in [0.1, 0.15) is 5.60 Å². The lowest BCUT2D eigenvalue weighted by Crippen LogP contribution is -2.67. The van der Waals surface area contributed by atoms with Gasteiger partial charge in [0.2, 0.25) is 0 Å². The molecule has 0 saturated carbocycles. The van der Waals surface area contributed by atoms with Crippen molar-refractivity contribution in [1.82, 2.24) is 9.47 Å². The summed E-state index contributed by atoms with van der Waals surface area (Å²) in [4.78, 5) is 31.0. The zero-order chi connectivity index (χ0) is 42.9. The number of amides is 1. The topological polar surface area (TPSA) is 70.0 Å². The number of ether oxygens (including phenoxy) is 1. The molecule has 0 spiro atoms. The number of rotatable bonds is 12. The molecule has 0 bridgehead atoms. The van der Waals surface area contributed by atoms with Gasteiger partial charge in [-0.25, -0.2) is 4.79 Å². The number of nitrogens with zero attached hydrogens (tertiary/aromatic N) is 2. The lowest BCUT2D eigenvalue weighted by Gasteiger charge is -2.46. The Balaban J connectivity index is 1.50. The fourth-order valence-corrected chi connectivity index (χ4v) is 15.2. The number of halogens is 1. The molecule has 0 aliphatic carbocycles. The third kappa shape index (κ3) is 10.8. The van der Waals surface area contributed by atoms with Gasteiger partial charge in [-0.05, 0) is 85.4 Å². The van der Waals surface area contributed by atoms with Crippen LogP contribution in [-0.4, -0.2) is 68.8 Å². The molecule has 1 aromatic heterocycles. The quantitative estimate of drug-likeness (QED) is 0.132. The molecule has 1 fully saturated rings. The van der Waals surface area contributed by atoms with Crippen molar-refractivity contribution in [2.45, 2.75) is 141 Å². The zero-order valence-electron chi connectivity index (χ0n) is 37.2. The van der Waals surface area contributed by atoms with Crippen molar-refractivity contribution in [2.24, 2.45) is 5.41 Å². The molecule has 2 atom stereocenters. The number of hydrogen-bond acceptors (Lipinski definition) is 6. The molecule has 1 aliphatic heterocycles. The SMILES string of the molecule is CC(C)(CO[Si](C)(C)C(C)(C)C)Cn1cc(S[C@H]2CCN(C(=O)OC(C)(C)C)[C@H](CO[Si](c3ccccc3)(c3ccccc3)C(C)(C)C)C2)c2cc(Br)ccc2c1=O. The number of fused-ring (bicyclic) bond motifs is 1. The molecule has 11 heteroatoms. The predicted octanol–water partition coefficient (Wildman–Crippen LogP) is 11.2. The van der Waals surface area contributed by atoms with Crippen molar-refractivity contribution < 1.29 is 18.4 Å². The second-order valence-electron chi connectivity index (χ2n) is 20.4. The Bertz CT molecular complexity index is 2050. The summed E-state index contributed by atoms with van der Waals surface area (Å²) in [5.74, 6) is 0. The summed E-state index contributed by atoms with van der Waals surface area (Å²) in [6.07, 6.45) is 3.24. The Kier molecular flexibility index (Phi) is 14.2. The Morgan fingerprint density at radius 3 is 1.93 bits per heavy atom. The van der Waals surface area contributed by atoms with Gasteiger partial charge in [0.15, 0.2) is 8.32 Å². The van der Waals surface area contributed by atoms with Gasteiger partial charge in [-0.2, -0.15) is 0 Å². The van der Waals surface area contributed by atoms with Crippen LogP contribution in [0, 0.1) is 5.41 Å². The zero-order valence-corrected chi connectivity index (χ0v) is 41.6. The Morgan fingerprint density at radius 1 is 0.810 bits per heavy atom. The van der Waals surface area contributed by atoms with Gasteiger partial charge < -0.3 is 23.1 Å². The average molecular weight is 908 g/mol. The third-order valence-corrected chi connectivity index (χ3v) is 23.1. The van der Waals surface area contributed by atoms with Gasteiger partial charge in [0.05, 0.1) is 12.6 Å². The normalized spacial score (nSPS) is 17.4. The molecule has 0 unspecified atom stereocenters. The highest BCUT2D eigenvalue weighted by molar-refractivity contribution is 9.10. The van der Waals surface area contributed by atoms with Crippen LogP contribution < -0.4 is 15.9 Å². The van der Waals surface area contributed by atoms with Crippen molar-refractivity contribution in [1.29, 1.82) is 0 Å². The van der Waals surface area contributed by atoms with E-state index in [-0.39, 0.29) is 38.4 Å². The summed E-state index contributed by atoms with van der Waals surface area (Å²) < 4.78 is 23.0. The van der Waals surface area contributed by atoms with E-state index in [2.05, 4.69) is 157 Å². The molecule has 4 aromatic rings. The third-order valence-electron chi connectivity index (χ3n) is 11.7. The molecule has 1 aliphatic rings. The van der Waals surface area contributed by atoms with Crippen LogP contribution in [-0.2, 0) is 20.1 Å². The van der Waals surface area contributed by atoms with E-state index < -0.39 is 22.2 Å². The van der Waals surface area contributed by atoms with E-state index in [4.69, 9.17) is 13.6 Å². The van der Waals surface area contributed by atoms with Crippen LogP contribution in [0.1, 0.15) is 89.0 Å². The summed E-state index contributed by atoms with van der Waals surface area (Å²) in [5, 5.41) is 4.10. The van der Waals surface area contributed by atoms with E-state index in [1.165, 1.54) is 10.4 Å². The predicted molar refractivity (Wildman–Crippen MR) is 252 cm³/mol. The number of piperidine rings is 1. The molecule has 0 N–H and O–H groups in total. The lowest BCUT2D eigenvalue weighted by atomic mass is 9.94. The molecule has 1 saturated heterocycles. The van der Waals surface area contributed by atoms with Crippen LogP contribution in [0.5, 0.6) is 0 Å². The van der Waals surface area contributed by atoms with Crippen LogP contribution in [0.25, 0.3) is 10.8 Å². The number of likely N-dealkylation sites (tertiary alicyclic amines) is 1. The monoisotopic (exact) mass is 906 g/mol. The van der Waals surface area contributed by atoms with E-state index in [1.54, 1.807) is 11.8 Å². The molecule has 7 nitrogen and oxygen atoms in total. The van der Waals surface area contributed by atoms with Crippen molar-refractivity contribution >= 4 is 71.6 Å². The first-order chi connectivity index (χ1) is 26.8. The number of pyridine rings is 1. The lowest BCUT2D eigenvalue weighted by molar-refractivity contribution is 0.00364. The Hall–Kier alpha value is -2.68. The summed E-state index contributed by atoms with van der Waals surface area (Å²) >= 11 is 5.49. The van der Waals surface area contributed by atoms with E-state index >= 15 is 0 Å². The van der Waals surface area contributed by atoms with E-state index in [0.29, 0.717) is 38.1 Å². The number of carbonyl (C=O) groups is 1. The minimum atomic E-state index is -2.89. The fourth-order valence-electron chi connectivity index (χ4n) is 7.64. The first-order valence-corrected chi connectivity index (χ1v) is 27.2. The molecule has 316 valence electrons. The molecule has 3 aromatic carbocycles. The molecule has 1 amide bonds. The van der Waals surface area contributed by atoms with Gasteiger partial charge in [-0.1, -0.05) is 132 Å². The summed E-state index contributed by atoms with van der Waals surface area (Å²) in [7, 11) is -4.87. The van der Waals surface area contributed by atoms with Crippen LogP contribution >= 0.6 is 27.7 Å². The minimum Gasteiger partial charge on any atom is -0.444 e. The minimum absolute atomic E-state index is 0.00331. The molecular weight excluding hydrogens is 841 g/mol. The molecular formula is C47H67BrN2O5SSi2. The maximum atomic E-state index is 14.1. The summed E-state index contributed by atoms with van der Waals surface area (Å²) in [5.41, 5.74) is -0.897. The first-order valence-electron chi connectivity index (χ1n) is 20.7. The van der Waals surface area contributed by atoms with E-state index in [1.807, 2.05) is 42.4 Å². The molecule has 5 rings (SSSR count). The molecule has 58 heavy (non-hydrogen) atoms. The van der Waals surface area contributed by atoms with Crippen LogP contribution in [0.4, 0.5) is 4.79 Å². The highest BCUT2D eigenvalue weighted by atomic mass is 79.9. The van der Waals surface area contributed by atoms with Gasteiger partial charge in [0, 0.05) is 56.7 Å². The van der Waals surface area contributed by atoms with Crippen molar-refractivity contribution in [3.63, 3.8) is 0 Å². The summed E-state index contributed by atoms with van der Waals surface area (Å²) in [6, 6.07) is 27.0. The van der Waals surface area contributed by atoms with Gasteiger partial charge in [0.25, 0.3) is 13.9 Å². The van der Waals surface area contributed by atoms with Crippen molar-refractivity contribution in [3.05, 3.63) is 99.9 Å². The average Bonchev–Trinajstić information content (AvgIpc) is 3.12. The highest BCUT2D eigenvalue weighted by Crippen LogP contribution is 2.41. The Labute approximate surface area is 363 Å². The van der Waals surface area contributed by atoms with Crippen LogP contribution in [0.3, 0.4) is 0 Å². The fraction of sp³-hybridized carbons (Fsp3) is 0.532. The largest absolute Gasteiger partial charge is 0.444 e. The van der Waals surface area contributed by atoms with Crippen molar-refractivity contribution in [3.8, 4) is 0 Å². The maximum Gasteiger partial charge on any atom is 0.410 e. The van der Waals surface area contributed by atoms with E-state index in [9.17, 15) is 9.59 Å². The second-order valence-corrected chi connectivity index (χ2v) is 31.8. The van der Waals surface area contributed by atoms with Gasteiger partial charge in [-0.15, -0.1) is 11.8 Å². The number of benzene rings is 3. The van der Waals surface area contributed by atoms with Crippen LogP contribution in [0.2, 0.25) is 23.2 Å². The molecule has 0 radical (unpaired) electrons. The Morgan fingerprint density at radius 2 is 1.40 bits per heavy atom. The van der Waals surface area contributed by atoms with Crippen LogP contribution in [0.15, 0.2) is 99.2 Å². The first kappa shape index (κ1) is 46.4. The summed E-state index contributed by atoms with van der Waals surface area (Å²) in [6.45, 7) is 30.3. The van der Waals surface area contributed by atoms with E-state index in [0.717, 1.165) is 21.2 Å². The number of aromatic nitrogens is 1. The number of hydrogen-bond donors (Lipinski definition) is 0.